The molecule has 1 rings (SSSR count). The maximum Gasteiger partial charge on any atom is 0.451 e. The van der Waals surface area contributed by atoms with Gasteiger partial charge in [0, 0.05) is 32.9 Å². The van der Waals surface area contributed by atoms with Gasteiger partial charge in [0.25, 0.3) is 0 Å². The molecule has 0 bridgehead atoms. The number of nitrogens with zero attached hydrogens (tertiary/aromatic N) is 2. The van der Waals surface area contributed by atoms with E-state index in [2.05, 4.69) is 20.6 Å². The third kappa shape index (κ3) is 6.61. The Morgan fingerprint density at radius 2 is 1.71 bits per heavy atom. The van der Waals surface area contributed by atoms with Crippen molar-refractivity contribution < 1.29 is 17.9 Å². The Morgan fingerprint density at radius 1 is 1.10 bits per heavy atom. The lowest BCUT2D eigenvalue weighted by Gasteiger charge is -2.12. The largest absolute Gasteiger partial charge is 0.451 e. The number of unbranched alkanes of at least 4 members (excludes halogenated alkanes) is 1. The van der Waals surface area contributed by atoms with Gasteiger partial charge in [-0.3, -0.25) is 0 Å². The third-order valence-corrected chi connectivity index (χ3v) is 2.62. The average Bonchev–Trinajstić information content (AvgIpc) is 2.44. The van der Waals surface area contributed by atoms with E-state index in [4.69, 9.17) is 4.74 Å². The molecule has 0 aromatic carbocycles. The Bertz CT molecular complexity index is 426. The Morgan fingerprint density at radius 3 is 2.24 bits per heavy atom. The van der Waals surface area contributed by atoms with Crippen LogP contribution in [0.5, 0.6) is 0 Å². The van der Waals surface area contributed by atoms with Crippen molar-refractivity contribution in [3.8, 4) is 0 Å². The second kappa shape index (κ2) is 8.66. The van der Waals surface area contributed by atoms with E-state index in [-0.39, 0.29) is 11.6 Å². The molecule has 0 spiro atoms. The quantitative estimate of drug-likeness (QED) is 0.686. The number of alkyl halides is 3. The van der Waals surface area contributed by atoms with E-state index < -0.39 is 12.0 Å². The molecule has 2 N–H and O–H groups in total. The van der Waals surface area contributed by atoms with Crippen molar-refractivity contribution in [3.63, 3.8) is 0 Å². The fourth-order valence-corrected chi connectivity index (χ4v) is 1.60. The molecule has 0 unspecified atom stereocenters. The van der Waals surface area contributed by atoms with Gasteiger partial charge < -0.3 is 15.4 Å². The molecule has 0 saturated carbocycles. The summed E-state index contributed by atoms with van der Waals surface area (Å²) in [5, 5.41) is 5.73. The standard InChI is InChI=1S/C13H21F3N4O/c1-3-6-17-10-9-11(18-7-4-5-8-21-2)20-12(19-10)13(14,15)16/h9H,3-8H2,1-2H3,(H2,17,18,19,20). The molecule has 21 heavy (non-hydrogen) atoms. The third-order valence-electron chi connectivity index (χ3n) is 2.62. The van der Waals surface area contributed by atoms with Crippen LogP contribution < -0.4 is 10.6 Å². The van der Waals surface area contributed by atoms with Crippen molar-refractivity contribution in [2.24, 2.45) is 0 Å². The predicted molar refractivity (Wildman–Crippen MR) is 75.4 cm³/mol. The van der Waals surface area contributed by atoms with Gasteiger partial charge in [0.05, 0.1) is 0 Å². The Hall–Kier alpha value is -1.57. The van der Waals surface area contributed by atoms with Gasteiger partial charge in [-0.2, -0.15) is 13.2 Å². The smallest absolute Gasteiger partial charge is 0.385 e. The maximum atomic E-state index is 12.8. The zero-order valence-electron chi connectivity index (χ0n) is 12.3. The first-order valence-corrected chi connectivity index (χ1v) is 6.90. The Kier molecular flexibility index (Phi) is 7.21. The number of nitrogens with one attached hydrogen (secondary N) is 2. The first-order chi connectivity index (χ1) is 9.97. The second-order valence-corrected chi connectivity index (χ2v) is 4.51. The first-order valence-electron chi connectivity index (χ1n) is 6.90. The predicted octanol–water partition coefficient (Wildman–Crippen LogP) is 3.16. The summed E-state index contributed by atoms with van der Waals surface area (Å²) in [4.78, 5) is 7.00. The fourth-order valence-electron chi connectivity index (χ4n) is 1.60. The molecule has 0 saturated heterocycles. The fraction of sp³-hybridized carbons (Fsp3) is 0.692. The maximum absolute atomic E-state index is 12.8. The van der Waals surface area contributed by atoms with Crippen LogP contribution >= 0.6 is 0 Å². The van der Waals surface area contributed by atoms with Gasteiger partial charge in [-0.15, -0.1) is 0 Å². The molecule has 5 nitrogen and oxygen atoms in total. The van der Waals surface area contributed by atoms with Crippen molar-refractivity contribution in [1.82, 2.24) is 9.97 Å². The van der Waals surface area contributed by atoms with Crippen LogP contribution in [0.2, 0.25) is 0 Å². The number of methoxy groups -OCH3 is 1. The van der Waals surface area contributed by atoms with Crippen LogP contribution in [0.1, 0.15) is 32.0 Å². The van der Waals surface area contributed by atoms with Crippen LogP contribution in [0.4, 0.5) is 24.8 Å². The summed E-state index contributed by atoms with van der Waals surface area (Å²) in [7, 11) is 1.61. The normalized spacial score (nSPS) is 11.5. The molecule has 0 amide bonds. The minimum Gasteiger partial charge on any atom is -0.385 e. The highest BCUT2D eigenvalue weighted by molar-refractivity contribution is 5.47. The monoisotopic (exact) mass is 306 g/mol. The molecule has 0 aliphatic carbocycles. The highest BCUT2D eigenvalue weighted by atomic mass is 19.4. The number of halogens is 3. The molecule has 1 aromatic rings. The SMILES string of the molecule is CCCNc1cc(NCCCCOC)nc(C(F)(F)F)n1. The van der Waals surface area contributed by atoms with Gasteiger partial charge in [0.15, 0.2) is 0 Å². The van der Waals surface area contributed by atoms with Crippen LogP contribution in [-0.2, 0) is 10.9 Å². The molecule has 0 atom stereocenters. The molecule has 1 aromatic heterocycles. The van der Waals surface area contributed by atoms with E-state index in [1.807, 2.05) is 6.92 Å². The molecular weight excluding hydrogens is 285 g/mol. The number of anilines is 2. The van der Waals surface area contributed by atoms with E-state index in [0.29, 0.717) is 19.7 Å². The molecule has 0 radical (unpaired) electrons. The topological polar surface area (TPSA) is 59.1 Å². The lowest BCUT2D eigenvalue weighted by Crippen LogP contribution is -2.16. The van der Waals surface area contributed by atoms with Crippen molar-refractivity contribution >= 4 is 11.6 Å². The zero-order valence-corrected chi connectivity index (χ0v) is 12.3. The van der Waals surface area contributed by atoms with Gasteiger partial charge in [0.1, 0.15) is 11.6 Å². The molecule has 1 heterocycles. The zero-order chi connectivity index (χ0) is 15.7. The summed E-state index contributed by atoms with van der Waals surface area (Å²) in [6.45, 7) is 3.64. The Balaban J connectivity index is 2.72. The van der Waals surface area contributed by atoms with E-state index in [1.165, 1.54) is 6.07 Å². The highest BCUT2D eigenvalue weighted by Crippen LogP contribution is 2.28. The van der Waals surface area contributed by atoms with E-state index in [9.17, 15) is 13.2 Å². The van der Waals surface area contributed by atoms with Crippen LogP contribution in [0.3, 0.4) is 0 Å². The molecule has 0 fully saturated rings. The number of ether oxygens (including phenoxy) is 1. The van der Waals surface area contributed by atoms with Gasteiger partial charge in [-0.25, -0.2) is 9.97 Å². The van der Waals surface area contributed by atoms with Crippen molar-refractivity contribution in [1.29, 1.82) is 0 Å². The Labute approximate surface area is 122 Å². The minimum atomic E-state index is -4.56. The summed E-state index contributed by atoms with van der Waals surface area (Å²) in [5.41, 5.74) is 0. The number of hydrogen-bond donors (Lipinski definition) is 2. The molecule has 0 aliphatic heterocycles. The average molecular weight is 306 g/mol. The van der Waals surface area contributed by atoms with E-state index >= 15 is 0 Å². The van der Waals surface area contributed by atoms with Crippen molar-refractivity contribution in [3.05, 3.63) is 11.9 Å². The van der Waals surface area contributed by atoms with Crippen molar-refractivity contribution in [2.75, 3.05) is 37.4 Å². The van der Waals surface area contributed by atoms with Gasteiger partial charge in [-0.1, -0.05) is 6.92 Å². The van der Waals surface area contributed by atoms with Crippen LogP contribution in [-0.4, -0.2) is 36.8 Å². The lowest BCUT2D eigenvalue weighted by atomic mass is 10.3. The van der Waals surface area contributed by atoms with Crippen LogP contribution in [0, 0.1) is 0 Å². The molecule has 8 heteroatoms. The summed E-state index contributed by atoms with van der Waals surface area (Å²) >= 11 is 0. The minimum absolute atomic E-state index is 0.174. The number of rotatable bonds is 9. The van der Waals surface area contributed by atoms with Crippen LogP contribution in [0.15, 0.2) is 6.07 Å². The van der Waals surface area contributed by atoms with Gasteiger partial charge in [0.2, 0.25) is 5.82 Å². The second-order valence-electron chi connectivity index (χ2n) is 4.51. The van der Waals surface area contributed by atoms with Gasteiger partial charge in [-0.05, 0) is 19.3 Å². The number of hydrogen-bond acceptors (Lipinski definition) is 5. The van der Waals surface area contributed by atoms with E-state index in [0.717, 1.165) is 19.3 Å². The van der Waals surface area contributed by atoms with Gasteiger partial charge >= 0.3 is 6.18 Å². The van der Waals surface area contributed by atoms with Crippen LogP contribution in [0.25, 0.3) is 0 Å². The number of aromatic nitrogens is 2. The first kappa shape index (κ1) is 17.5. The lowest BCUT2D eigenvalue weighted by molar-refractivity contribution is -0.144. The molecule has 120 valence electrons. The van der Waals surface area contributed by atoms with E-state index in [1.54, 1.807) is 7.11 Å². The summed E-state index contributed by atoms with van der Waals surface area (Å²) in [6, 6.07) is 1.49. The molecule has 0 aliphatic rings. The molecular formula is C13H21F3N4O. The summed E-state index contributed by atoms with van der Waals surface area (Å²) in [6.07, 6.45) is -2.14. The highest BCUT2D eigenvalue weighted by Gasteiger charge is 2.35. The van der Waals surface area contributed by atoms with Crippen molar-refractivity contribution in [2.45, 2.75) is 32.4 Å². The summed E-state index contributed by atoms with van der Waals surface area (Å²) < 4.78 is 43.2. The summed E-state index contributed by atoms with van der Waals surface area (Å²) in [5.74, 6) is -0.782.